The van der Waals surface area contributed by atoms with Crippen LogP contribution in [0, 0.1) is 5.92 Å². The van der Waals surface area contributed by atoms with Crippen LogP contribution in [0.4, 0.5) is 4.79 Å². The number of aromatic nitrogens is 2. The molecule has 0 aliphatic carbocycles. The lowest BCUT2D eigenvalue weighted by molar-refractivity contribution is 0.0137. The van der Waals surface area contributed by atoms with Gasteiger partial charge in [-0.25, -0.2) is 9.78 Å². The van der Waals surface area contributed by atoms with Crippen LogP contribution in [0.1, 0.15) is 33.6 Å². The van der Waals surface area contributed by atoms with Crippen LogP contribution in [0.15, 0.2) is 12.3 Å². The summed E-state index contributed by atoms with van der Waals surface area (Å²) in [5.41, 5.74) is -0.477. The highest BCUT2D eigenvalue weighted by Gasteiger charge is 2.28. The molecule has 0 aromatic carbocycles. The molecule has 1 fully saturated rings. The van der Waals surface area contributed by atoms with Crippen LogP contribution < -0.4 is 4.74 Å². The van der Waals surface area contributed by atoms with Gasteiger partial charge in [0.05, 0.1) is 6.61 Å². The first-order valence-corrected chi connectivity index (χ1v) is 7.80. The number of rotatable bonds is 3. The van der Waals surface area contributed by atoms with E-state index in [4.69, 9.17) is 21.1 Å². The molecule has 7 heteroatoms. The molecule has 2 heterocycles. The average molecular weight is 328 g/mol. The molecule has 1 aromatic rings. The standard InChI is InChI=1S/C15H22ClN3O3/c1-15(2,3)22-14(20)19-8-4-5-11(9-19)10-21-13-17-7-6-12(16)18-13/h6-7,11H,4-5,8-10H2,1-3H3/t11-/m1/s1. The minimum absolute atomic E-state index is 0.240. The Morgan fingerprint density at radius 3 is 2.95 bits per heavy atom. The number of hydrogen-bond donors (Lipinski definition) is 0. The van der Waals surface area contributed by atoms with Gasteiger partial charge in [-0.15, -0.1) is 0 Å². The van der Waals surface area contributed by atoms with Crippen molar-refractivity contribution in [3.05, 3.63) is 17.4 Å². The van der Waals surface area contributed by atoms with Crippen LogP contribution in [0.5, 0.6) is 6.01 Å². The fourth-order valence-electron chi connectivity index (χ4n) is 2.28. The van der Waals surface area contributed by atoms with Crippen LogP contribution in [-0.2, 0) is 4.74 Å². The first kappa shape index (κ1) is 16.8. The van der Waals surface area contributed by atoms with Gasteiger partial charge in [0.1, 0.15) is 10.8 Å². The van der Waals surface area contributed by atoms with Crippen molar-refractivity contribution >= 4 is 17.7 Å². The van der Waals surface area contributed by atoms with Gasteiger partial charge >= 0.3 is 12.1 Å². The molecule has 122 valence electrons. The molecule has 1 amide bonds. The van der Waals surface area contributed by atoms with Gasteiger partial charge in [-0.1, -0.05) is 11.6 Å². The molecular weight excluding hydrogens is 306 g/mol. The van der Waals surface area contributed by atoms with Crippen molar-refractivity contribution in [3.63, 3.8) is 0 Å². The second-order valence-electron chi connectivity index (χ2n) is 6.41. The van der Waals surface area contributed by atoms with E-state index in [1.165, 1.54) is 0 Å². The Labute approximate surface area is 135 Å². The van der Waals surface area contributed by atoms with E-state index in [1.54, 1.807) is 17.2 Å². The highest BCUT2D eigenvalue weighted by molar-refractivity contribution is 6.29. The molecule has 1 aromatic heterocycles. The molecule has 0 spiro atoms. The highest BCUT2D eigenvalue weighted by atomic mass is 35.5. The zero-order valence-electron chi connectivity index (χ0n) is 13.2. The molecule has 0 bridgehead atoms. The van der Waals surface area contributed by atoms with Crippen molar-refractivity contribution < 1.29 is 14.3 Å². The molecule has 0 N–H and O–H groups in total. The number of amides is 1. The van der Waals surface area contributed by atoms with Crippen molar-refractivity contribution in [2.45, 2.75) is 39.2 Å². The molecule has 2 rings (SSSR count). The molecule has 22 heavy (non-hydrogen) atoms. The van der Waals surface area contributed by atoms with Crippen LogP contribution >= 0.6 is 11.6 Å². The predicted molar refractivity (Wildman–Crippen MR) is 83.1 cm³/mol. The summed E-state index contributed by atoms with van der Waals surface area (Å²) < 4.78 is 11.0. The molecular formula is C15H22ClN3O3. The molecule has 0 unspecified atom stereocenters. The van der Waals surface area contributed by atoms with Gasteiger partial charge in [0.2, 0.25) is 0 Å². The lowest BCUT2D eigenvalue weighted by Gasteiger charge is -2.33. The first-order valence-electron chi connectivity index (χ1n) is 7.43. The maximum absolute atomic E-state index is 12.1. The largest absolute Gasteiger partial charge is 0.463 e. The second kappa shape index (κ2) is 7.13. The number of halogens is 1. The van der Waals surface area contributed by atoms with Gasteiger partial charge in [0, 0.05) is 25.2 Å². The van der Waals surface area contributed by atoms with Crippen molar-refractivity contribution in [1.82, 2.24) is 14.9 Å². The Morgan fingerprint density at radius 2 is 2.27 bits per heavy atom. The smallest absolute Gasteiger partial charge is 0.410 e. The maximum atomic E-state index is 12.1. The zero-order valence-corrected chi connectivity index (χ0v) is 14.0. The number of hydrogen-bond acceptors (Lipinski definition) is 5. The zero-order chi connectivity index (χ0) is 16.2. The Balaban J connectivity index is 1.84. The van der Waals surface area contributed by atoms with Crippen LogP contribution in [0.25, 0.3) is 0 Å². The summed E-state index contributed by atoms with van der Waals surface area (Å²) in [6, 6.07) is 1.86. The molecule has 1 aliphatic heterocycles. The van der Waals surface area contributed by atoms with Gasteiger partial charge in [-0.05, 0) is 39.7 Å². The number of ether oxygens (including phenoxy) is 2. The monoisotopic (exact) mass is 327 g/mol. The van der Waals surface area contributed by atoms with E-state index in [0.717, 1.165) is 19.4 Å². The van der Waals surface area contributed by atoms with Crippen LogP contribution in [-0.4, -0.2) is 46.3 Å². The summed E-state index contributed by atoms with van der Waals surface area (Å²) in [6.07, 6.45) is 3.22. The highest BCUT2D eigenvalue weighted by Crippen LogP contribution is 2.20. The lowest BCUT2D eigenvalue weighted by Crippen LogP contribution is -2.44. The van der Waals surface area contributed by atoms with E-state index in [0.29, 0.717) is 18.3 Å². The van der Waals surface area contributed by atoms with Crippen LogP contribution in [0.2, 0.25) is 5.15 Å². The van der Waals surface area contributed by atoms with E-state index in [-0.39, 0.29) is 18.0 Å². The molecule has 0 saturated carbocycles. The van der Waals surface area contributed by atoms with Gasteiger partial charge in [0.15, 0.2) is 0 Å². The number of nitrogens with zero attached hydrogens (tertiary/aromatic N) is 3. The van der Waals surface area contributed by atoms with Crippen molar-refractivity contribution in [2.24, 2.45) is 5.92 Å². The third-order valence-corrected chi connectivity index (χ3v) is 3.43. The van der Waals surface area contributed by atoms with Crippen LogP contribution in [0.3, 0.4) is 0 Å². The maximum Gasteiger partial charge on any atom is 0.410 e. The third kappa shape index (κ3) is 5.33. The summed E-state index contributed by atoms with van der Waals surface area (Å²) >= 11 is 5.79. The predicted octanol–water partition coefficient (Wildman–Crippen LogP) is 3.16. The molecule has 1 saturated heterocycles. The van der Waals surface area contributed by atoms with E-state index in [9.17, 15) is 4.79 Å². The normalized spacial score (nSPS) is 18.9. The Morgan fingerprint density at radius 1 is 1.50 bits per heavy atom. The van der Waals surface area contributed by atoms with Gasteiger partial charge in [-0.3, -0.25) is 0 Å². The quantitative estimate of drug-likeness (QED) is 0.798. The summed E-state index contributed by atoms with van der Waals surface area (Å²) in [7, 11) is 0. The van der Waals surface area contributed by atoms with Crippen molar-refractivity contribution in [2.75, 3.05) is 19.7 Å². The second-order valence-corrected chi connectivity index (χ2v) is 6.79. The third-order valence-electron chi connectivity index (χ3n) is 3.22. The molecule has 1 aliphatic rings. The topological polar surface area (TPSA) is 64.5 Å². The minimum atomic E-state index is -0.477. The molecule has 1 atom stereocenters. The summed E-state index contributed by atoms with van der Waals surface area (Å²) in [5, 5.41) is 0.351. The van der Waals surface area contributed by atoms with E-state index < -0.39 is 5.60 Å². The fourth-order valence-corrected chi connectivity index (χ4v) is 2.40. The summed E-state index contributed by atoms with van der Waals surface area (Å²) in [5.74, 6) is 0.240. The minimum Gasteiger partial charge on any atom is -0.463 e. The molecule has 6 nitrogen and oxygen atoms in total. The van der Waals surface area contributed by atoms with Gasteiger partial charge < -0.3 is 14.4 Å². The number of likely N-dealkylation sites (tertiary alicyclic amines) is 1. The Kier molecular flexibility index (Phi) is 5.45. The van der Waals surface area contributed by atoms with Gasteiger partial charge in [-0.2, -0.15) is 4.98 Å². The Hall–Kier alpha value is -1.56. The first-order chi connectivity index (χ1) is 10.3. The van der Waals surface area contributed by atoms with Crippen molar-refractivity contribution in [3.8, 4) is 6.01 Å². The Bertz CT molecular complexity index is 519. The van der Waals surface area contributed by atoms with E-state index in [2.05, 4.69) is 9.97 Å². The number of carbonyl (C=O) groups excluding carboxylic acids is 1. The van der Waals surface area contributed by atoms with E-state index >= 15 is 0 Å². The molecule has 0 radical (unpaired) electrons. The average Bonchev–Trinajstić information content (AvgIpc) is 2.44. The van der Waals surface area contributed by atoms with Crippen molar-refractivity contribution in [1.29, 1.82) is 0 Å². The lowest BCUT2D eigenvalue weighted by atomic mass is 9.99. The summed E-state index contributed by atoms with van der Waals surface area (Å²) in [4.78, 5) is 21.8. The summed E-state index contributed by atoms with van der Waals surface area (Å²) in [6.45, 7) is 7.40. The number of piperidine rings is 1. The SMILES string of the molecule is CC(C)(C)OC(=O)N1CCC[C@@H](COc2nccc(Cl)n2)C1. The number of carbonyl (C=O) groups is 1. The van der Waals surface area contributed by atoms with Gasteiger partial charge in [0.25, 0.3) is 0 Å². The fraction of sp³-hybridized carbons (Fsp3) is 0.667. The van der Waals surface area contributed by atoms with E-state index in [1.807, 2.05) is 20.8 Å².